The molecule has 2 aromatic rings. The van der Waals surface area contributed by atoms with Crippen LogP contribution in [0.5, 0.6) is 0 Å². The Bertz CT molecular complexity index is 589. The lowest BCUT2D eigenvalue weighted by Gasteiger charge is -2.25. The molecule has 1 aromatic heterocycles. The summed E-state index contributed by atoms with van der Waals surface area (Å²) in [5.41, 5.74) is 3.28. The molecule has 3 heteroatoms. The van der Waals surface area contributed by atoms with Crippen LogP contribution in [0, 0.1) is 6.92 Å². The molecule has 0 aliphatic heterocycles. The van der Waals surface area contributed by atoms with E-state index in [1.807, 2.05) is 13.1 Å². The lowest BCUT2D eigenvalue weighted by atomic mass is 9.83. The van der Waals surface area contributed by atoms with Crippen LogP contribution in [-0.2, 0) is 11.8 Å². The summed E-state index contributed by atoms with van der Waals surface area (Å²) in [6.45, 7) is 8.53. The molecule has 0 unspecified atom stereocenters. The van der Waals surface area contributed by atoms with Crippen molar-refractivity contribution in [1.82, 2.24) is 9.97 Å². The predicted octanol–water partition coefficient (Wildman–Crippen LogP) is 3.72. The molecule has 20 heavy (non-hydrogen) atoms. The molecule has 0 fully saturated rings. The van der Waals surface area contributed by atoms with Crippen LogP contribution in [0.15, 0.2) is 30.3 Å². The summed E-state index contributed by atoms with van der Waals surface area (Å²) in [4.78, 5) is 9.50. The van der Waals surface area contributed by atoms with Gasteiger partial charge in [0.15, 0.2) is 0 Å². The zero-order valence-electron chi connectivity index (χ0n) is 13.0. The fourth-order valence-electron chi connectivity index (χ4n) is 2.49. The largest absolute Gasteiger partial charge is 0.373 e. The van der Waals surface area contributed by atoms with E-state index in [1.54, 1.807) is 0 Å². The van der Waals surface area contributed by atoms with Gasteiger partial charge in [-0.2, -0.15) is 0 Å². The molecule has 0 bridgehead atoms. The highest BCUT2D eigenvalue weighted by atomic mass is 15.0. The van der Waals surface area contributed by atoms with Gasteiger partial charge in [0, 0.05) is 23.7 Å². The topological polar surface area (TPSA) is 37.8 Å². The molecular formula is C17H23N3. The normalized spacial score (nSPS) is 11.4. The number of anilines is 1. The number of nitrogens with zero attached hydrogens (tertiary/aromatic N) is 2. The predicted molar refractivity (Wildman–Crippen MR) is 84.3 cm³/mol. The summed E-state index contributed by atoms with van der Waals surface area (Å²) in [7, 11) is 1.92. The van der Waals surface area contributed by atoms with Gasteiger partial charge in [-0.15, -0.1) is 0 Å². The summed E-state index contributed by atoms with van der Waals surface area (Å²) >= 11 is 0. The average Bonchev–Trinajstić information content (AvgIpc) is 2.47. The monoisotopic (exact) mass is 269 g/mol. The van der Waals surface area contributed by atoms with Gasteiger partial charge in [-0.1, -0.05) is 37.3 Å². The van der Waals surface area contributed by atoms with Crippen molar-refractivity contribution in [2.24, 2.45) is 0 Å². The van der Waals surface area contributed by atoms with Crippen molar-refractivity contribution in [3.8, 4) is 0 Å². The minimum absolute atomic E-state index is 0.204. The SMILES string of the molecule is CCc1c(C)nc(C(C)(C)c2ccccc2)nc1NC. The molecule has 106 valence electrons. The third-order valence-electron chi connectivity index (χ3n) is 3.86. The first-order valence-corrected chi connectivity index (χ1v) is 7.12. The van der Waals surface area contributed by atoms with Crippen molar-refractivity contribution in [3.63, 3.8) is 0 Å². The smallest absolute Gasteiger partial charge is 0.140 e. The number of hydrogen-bond donors (Lipinski definition) is 1. The van der Waals surface area contributed by atoms with E-state index in [9.17, 15) is 0 Å². The van der Waals surface area contributed by atoms with Gasteiger partial charge in [0.25, 0.3) is 0 Å². The van der Waals surface area contributed by atoms with Crippen molar-refractivity contribution in [2.75, 3.05) is 12.4 Å². The molecule has 0 aliphatic carbocycles. The van der Waals surface area contributed by atoms with E-state index < -0.39 is 0 Å². The summed E-state index contributed by atoms with van der Waals surface area (Å²) in [6.07, 6.45) is 0.939. The second kappa shape index (κ2) is 5.61. The van der Waals surface area contributed by atoms with E-state index in [0.29, 0.717) is 0 Å². The summed E-state index contributed by atoms with van der Waals surface area (Å²) < 4.78 is 0. The highest BCUT2D eigenvalue weighted by molar-refractivity contribution is 5.47. The summed E-state index contributed by atoms with van der Waals surface area (Å²) in [5.74, 6) is 1.81. The van der Waals surface area contributed by atoms with E-state index in [2.05, 4.69) is 57.3 Å². The van der Waals surface area contributed by atoms with Gasteiger partial charge in [-0.05, 0) is 32.8 Å². The van der Waals surface area contributed by atoms with Crippen LogP contribution < -0.4 is 5.32 Å². The maximum Gasteiger partial charge on any atom is 0.140 e. The number of nitrogens with one attached hydrogen (secondary N) is 1. The molecule has 0 aliphatic rings. The van der Waals surface area contributed by atoms with Crippen LogP contribution >= 0.6 is 0 Å². The molecule has 0 radical (unpaired) electrons. The Hall–Kier alpha value is -1.90. The van der Waals surface area contributed by atoms with Gasteiger partial charge in [0.05, 0.1) is 0 Å². The molecule has 0 amide bonds. The van der Waals surface area contributed by atoms with Crippen LogP contribution in [0.2, 0.25) is 0 Å². The minimum Gasteiger partial charge on any atom is -0.373 e. The van der Waals surface area contributed by atoms with Gasteiger partial charge >= 0.3 is 0 Å². The number of benzene rings is 1. The molecule has 0 spiro atoms. The van der Waals surface area contributed by atoms with Crippen molar-refractivity contribution < 1.29 is 0 Å². The lowest BCUT2D eigenvalue weighted by molar-refractivity contribution is 0.586. The maximum atomic E-state index is 4.75. The number of hydrogen-bond acceptors (Lipinski definition) is 3. The Morgan fingerprint density at radius 1 is 1.10 bits per heavy atom. The van der Waals surface area contributed by atoms with Crippen molar-refractivity contribution >= 4 is 5.82 Å². The Labute approximate surface area is 121 Å². The molecule has 2 rings (SSSR count). The maximum absolute atomic E-state index is 4.75. The third kappa shape index (κ3) is 2.53. The highest BCUT2D eigenvalue weighted by Gasteiger charge is 2.27. The first kappa shape index (κ1) is 14.5. The zero-order chi connectivity index (χ0) is 14.8. The fourth-order valence-corrected chi connectivity index (χ4v) is 2.49. The molecular weight excluding hydrogens is 246 g/mol. The number of aryl methyl sites for hydroxylation is 1. The van der Waals surface area contributed by atoms with E-state index in [1.165, 1.54) is 11.1 Å². The quantitative estimate of drug-likeness (QED) is 0.919. The fraction of sp³-hybridized carbons (Fsp3) is 0.412. The molecule has 1 aromatic carbocycles. The van der Waals surface area contributed by atoms with E-state index >= 15 is 0 Å². The number of aromatic nitrogens is 2. The summed E-state index contributed by atoms with van der Waals surface area (Å²) in [6, 6.07) is 10.4. The van der Waals surface area contributed by atoms with Gasteiger partial charge in [0.2, 0.25) is 0 Å². The summed E-state index contributed by atoms with van der Waals surface area (Å²) in [5, 5.41) is 3.20. The van der Waals surface area contributed by atoms with E-state index in [-0.39, 0.29) is 5.41 Å². The molecule has 0 atom stereocenters. The van der Waals surface area contributed by atoms with Crippen LogP contribution in [0.1, 0.15) is 43.4 Å². The van der Waals surface area contributed by atoms with Crippen molar-refractivity contribution in [2.45, 2.75) is 39.5 Å². The highest BCUT2D eigenvalue weighted by Crippen LogP contribution is 2.30. The Morgan fingerprint density at radius 2 is 1.75 bits per heavy atom. The Balaban J connectivity index is 2.55. The van der Waals surface area contributed by atoms with Gasteiger partial charge in [0.1, 0.15) is 11.6 Å². The molecule has 0 saturated carbocycles. The average molecular weight is 269 g/mol. The van der Waals surface area contributed by atoms with Crippen LogP contribution in [0.4, 0.5) is 5.82 Å². The van der Waals surface area contributed by atoms with Crippen molar-refractivity contribution in [1.29, 1.82) is 0 Å². The van der Waals surface area contributed by atoms with E-state index in [4.69, 9.17) is 9.97 Å². The Morgan fingerprint density at radius 3 is 2.30 bits per heavy atom. The van der Waals surface area contributed by atoms with Crippen LogP contribution in [0.25, 0.3) is 0 Å². The second-order valence-corrected chi connectivity index (χ2v) is 5.55. The first-order chi connectivity index (χ1) is 9.50. The molecule has 1 N–H and O–H groups in total. The van der Waals surface area contributed by atoms with Gasteiger partial charge < -0.3 is 5.32 Å². The molecule has 3 nitrogen and oxygen atoms in total. The van der Waals surface area contributed by atoms with Crippen LogP contribution in [-0.4, -0.2) is 17.0 Å². The molecule has 0 saturated heterocycles. The second-order valence-electron chi connectivity index (χ2n) is 5.55. The van der Waals surface area contributed by atoms with Gasteiger partial charge in [-0.3, -0.25) is 0 Å². The number of rotatable bonds is 4. The first-order valence-electron chi connectivity index (χ1n) is 7.12. The standard InChI is InChI=1S/C17H23N3/c1-6-14-12(2)19-16(20-15(14)18-5)17(3,4)13-10-8-7-9-11-13/h7-11H,6H2,1-5H3,(H,18,19,20). The lowest BCUT2D eigenvalue weighted by Crippen LogP contribution is -2.24. The molecule has 1 heterocycles. The van der Waals surface area contributed by atoms with E-state index in [0.717, 1.165) is 23.8 Å². The zero-order valence-corrected chi connectivity index (χ0v) is 13.0. The van der Waals surface area contributed by atoms with Crippen molar-refractivity contribution in [3.05, 3.63) is 53.0 Å². The third-order valence-corrected chi connectivity index (χ3v) is 3.86. The van der Waals surface area contributed by atoms with Gasteiger partial charge in [-0.25, -0.2) is 9.97 Å². The minimum atomic E-state index is -0.204. The van der Waals surface area contributed by atoms with Crippen LogP contribution in [0.3, 0.4) is 0 Å². The Kier molecular flexibility index (Phi) is 4.07.